The van der Waals surface area contributed by atoms with Gasteiger partial charge in [-0.2, -0.15) is 0 Å². The average Bonchev–Trinajstić information content (AvgIpc) is 2.57. The van der Waals surface area contributed by atoms with Gasteiger partial charge in [-0.25, -0.2) is 4.98 Å². The van der Waals surface area contributed by atoms with Gasteiger partial charge < -0.3 is 5.32 Å². The van der Waals surface area contributed by atoms with Crippen LogP contribution in [0.15, 0.2) is 65.7 Å². The third kappa shape index (κ3) is 4.33. The predicted molar refractivity (Wildman–Crippen MR) is 96.9 cm³/mol. The van der Waals surface area contributed by atoms with Gasteiger partial charge in [0.15, 0.2) is 0 Å². The Morgan fingerprint density at radius 1 is 1.04 bits per heavy atom. The maximum Gasteiger partial charge on any atom is 0.225 e. The van der Waals surface area contributed by atoms with Gasteiger partial charge >= 0.3 is 0 Å². The van der Waals surface area contributed by atoms with E-state index in [0.717, 1.165) is 21.6 Å². The van der Waals surface area contributed by atoms with Crippen molar-refractivity contribution in [2.45, 2.75) is 18.4 Å². The third-order valence-electron chi connectivity index (χ3n) is 3.49. The highest BCUT2D eigenvalue weighted by atomic mass is 32.2. The molecule has 1 aromatic heterocycles. The number of benzene rings is 2. The molecule has 1 amide bonds. The molecule has 0 aliphatic carbocycles. The van der Waals surface area contributed by atoms with E-state index < -0.39 is 0 Å². The fourth-order valence-electron chi connectivity index (χ4n) is 2.24. The van der Waals surface area contributed by atoms with Gasteiger partial charge in [0.05, 0.1) is 10.5 Å². The number of anilines is 1. The molecule has 2 aromatic carbocycles. The molecule has 1 heterocycles. The first-order valence-electron chi connectivity index (χ1n) is 7.56. The number of pyridine rings is 1. The minimum absolute atomic E-state index is 0.0298. The van der Waals surface area contributed by atoms with Crippen LogP contribution in [0, 0.1) is 6.92 Å². The molecule has 4 heteroatoms. The summed E-state index contributed by atoms with van der Waals surface area (Å²) in [5, 5.41) is 5.00. The summed E-state index contributed by atoms with van der Waals surface area (Å²) < 4.78 is 0. The number of rotatable bonds is 5. The van der Waals surface area contributed by atoms with Crippen molar-refractivity contribution in [3.05, 3.63) is 66.2 Å². The van der Waals surface area contributed by atoms with Gasteiger partial charge in [0.25, 0.3) is 0 Å². The van der Waals surface area contributed by atoms with Crippen molar-refractivity contribution in [2.24, 2.45) is 0 Å². The fourth-order valence-corrected chi connectivity index (χ4v) is 3.06. The van der Waals surface area contributed by atoms with Crippen molar-refractivity contribution >= 4 is 34.3 Å². The molecule has 0 saturated carbocycles. The van der Waals surface area contributed by atoms with Crippen LogP contribution in [-0.2, 0) is 4.79 Å². The number of nitrogens with zero attached hydrogens (tertiary/aromatic N) is 1. The summed E-state index contributed by atoms with van der Waals surface area (Å²) in [5.41, 5.74) is 3.01. The number of aryl methyl sites for hydroxylation is 1. The fraction of sp³-hybridized carbons (Fsp3) is 0.158. The molecule has 0 saturated heterocycles. The number of fused-ring (bicyclic) bond motifs is 1. The average molecular weight is 322 g/mol. The van der Waals surface area contributed by atoms with E-state index in [2.05, 4.69) is 16.4 Å². The lowest BCUT2D eigenvalue weighted by atomic mass is 10.2. The zero-order valence-electron chi connectivity index (χ0n) is 13.0. The first kappa shape index (κ1) is 15.6. The lowest BCUT2D eigenvalue weighted by molar-refractivity contribution is -0.115. The minimum Gasteiger partial charge on any atom is -0.326 e. The Balaban J connectivity index is 1.51. The molecule has 0 atom stereocenters. The summed E-state index contributed by atoms with van der Waals surface area (Å²) in [4.78, 5) is 16.6. The first-order chi connectivity index (χ1) is 11.2. The van der Waals surface area contributed by atoms with Gasteiger partial charge in [0.2, 0.25) is 5.91 Å². The van der Waals surface area contributed by atoms with Crippen LogP contribution in [0.5, 0.6) is 0 Å². The monoisotopic (exact) mass is 322 g/mol. The molecule has 0 spiro atoms. The largest absolute Gasteiger partial charge is 0.326 e. The number of carbonyl (C=O) groups is 1. The zero-order chi connectivity index (χ0) is 16.1. The lowest BCUT2D eigenvalue weighted by Gasteiger charge is -2.06. The van der Waals surface area contributed by atoms with E-state index in [-0.39, 0.29) is 5.91 Å². The number of para-hydroxylation sites is 1. The van der Waals surface area contributed by atoms with Crippen LogP contribution < -0.4 is 5.32 Å². The smallest absolute Gasteiger partial charge is 0.225 e. The lowest BCUT2D eigenvalue weighted by Crippen LogP contribution is -2.12. The summed E-state index contributed by atoms with van der Waals surface area (Å²) in [6.45, 7) is 2.03. The van der Waals surface area contributed by atoms with Crippen LogP contribution in [0.1, 0.15) is 12.0 Å². The van der Waals surface area contributed by atoms with Crippen molar-refractivity contribution in [3.63, 3.8) is 0 Å². The van der Waals surface area contributed by atoms with E-state index >= 15 is 0 Å². The third-order valence-corrected chi connectivity index (χ3v) is 4.42. The highest BCUT2D eigenvalue weighted by Gasteiger charge is 2.04. The van der Waals surface area contributed by atoms with Crippen molar-refractivity contribution in [3.8, 4) is 0 Å². The molecule has 0 aliphatic rings. The molecule has 3 nitrogen and oxygen atoms in total. The van der Waals surface area contributed by atoms with Crippen molar-refractivity contribution in [2.75, 3.05) is 11.1 Å². The Morgan fingerprint density at radius 3 is 2.65 bits per heavy atom. The predicted octanol–water partition coefficient (Wildman–Crippen LogP) is 4.66. The minimum atomic E-state index is 0.0298. The number of nitrogens with one attached hydrogen (secondary N) is 1. The Kier molecular flexibility index (Phi) is 4.93. The molecule has 0 bridgehead atoms. The zero-order valence-corrected chi connectivity index (χ0v) is 13.8. The molecule has 23 heavy (non-hydrogen) atoms. The van der Waals surface area contributed by atoms with E-state index in [1.807, 2.05) is 61.5 Å². The second kappa shape index (κ2) is 7.29. The van der Waals surface area contributed by atoms with Gasteiger partial charge in [-0.15, -0.1) is 11.8 Å². The molecule has 0 fully saturated rings. The van der Waals surface area contributed by atoms with Gasteiger partial charge in [0, 0.05) is 23.2 Å². The number of hydrogen-bond acceptors (Lipinski definition) is 3. The maximum atomic E-state index is 12.0. The Hall–Kier alpha value is -2.33. The van der Waals surface area contributed by atoms with Crippen LogP contribution in [0.3, 0.4) is 0 Å². The second-order valence-corrected chi connectivity index (χ2v) is 6.47. The summed E-state index contributed by atoms with van der Waals surface area (Å²) >= 11 is 1.60. The van der Waals surface area contributed by atoms with E-state index in [9.17, 15) is 4.79 Å². The van der Waals surface area contributed by atoms with E-state index in [1.54, 1.807) is 11.8 Å². The summed E-state index contributed by atoms with van der Waals surface area (Å²) in [7, 11) is 0. The summed E-state index contributed by atoms with van der Waals surface area (Å²) in [5.74, 6) is 0.741. The van der Waals surface area contributed by atoms with Crippen LogP contribution in [0.2, 0.25) is 0 Å². The van der Waals surface area contributed by atoms with Crippen molar-refractivity contribution in [1.82, 2.24) is 4.98 Å². The Labute approximate surface area is 140 Å². The first-order valence-corrected chi connectivity index (χ1v) is 8.54. The molecule has 0 radical (unpaired) electrons. The Bertz CT molecular complexity index is 815. The van der Waals surface area contributed by atoms with Crippen LogP contribution in [-0.4, -0.2) is 16.6 Å². The van der Waals surface area contributed by atoms with Gasteiger partial charge in [-0.05, 0) is 31.2 Å². The van der Waals surface area contributed by atoms with E-state index in [1.165, 1.54) is 5.56 Å². The second-order valence-electron chi connectivity index (χ2n) is 5.35. The molecule has 3 rings (SSSR count). The van der Waals surface area contributed by atoms with Gasteiger partial charge in [-0.1, -0.05) is 42.0 Å². The SMILES string of the molecule is Cc1ccc(NC(=O)CCSc2ccc3ccccc3n2)cc1. The molecule has 0 unspecified atom stereocenters. The molecule has 3 aromatic rings. The van der Waals surface area contributed by atoms with Gasteiger partial charge in [-0.3, -0.25) is 4.79 Å². The number of carbonyl (C=O) groups excluding carboxylic acids is 1. The van der Waals surface area contributed by atoms with E-state index in [4.69, 9.17) is 0 Å². The number of aromatic nitrogens is 1. The topological polar surface area (TPSA) is 42.0 Å². The summed E-state index contributed by atoms with van der Waals surface area (Å²) in [6.07, 6.45) is 0.465. The molecular formula is C19H18N2OS. The number of thioether (sulfide) groups is 1. The molecule has 116 valence electrons. The molecule has 0 aliphatic heterocycles. The normalized spacial score (nSPS) is 10.7. The van der Waals surface area contributed by atoms with Crippen LogP contribution in [0.4, 0.5) is 5.69 Å². The molecule has 1 N–H and O–H groups in total. The highest BCUT2D eigenvalue weighted by Crippen LogP contribution is 2.20. The van der Waals surface area contributed by atoms with Crippen LogP contribution in [0.25, 0.3) is 10.9 Å². The number of amides is 1. The maximum absolute atomic E-state index is 12.0. The molecular weight excluding hydrogens is 304 g/mol. The quantitative estimate of drug-likeness (QED) is 0.694. The summed E-state index contributed by atoms with van der Waals surface area (Å²) in [6, 6.07) is 19.9. The Morgan fingerprint density at radius 2 is 1.83 bits per heavy atom. The van der Waals surface area contributed by atoms with Crippen molar-refractivity contribution in [1.29, 1.82) is 0 Å². The van der Waals surface area contributed by atoms with Crippen molar-refractivity contribution < 1.29 is 4.79 Å². The van der Waals surface area contributed by atoms with Gasteiger partial charge in [0.1, 0.15) is 0 Å². The van der Waals surface area contributed by atoms with E-state index in [0.29, 0.717) is 12.2 Å². The number of hydrogen-bond donors (Lipinski definition) is 1. The standard InChI is InChI=1S/C19H18N2OS/c1-14-6-9-16(10-7-14)20-18(22)12-13-23-19-11-8-15-4-2-3-5-17(15)21-19/h2-11H,12-13H2,1H3,(H,20,22). The van der Waals surface area contributed by atoms with Crippen LogP contribution >= 0.6 is 11.8 Å². The highest BCUT2D eigenvalue weighted by molar-refractivity contribution is 7.99.